The van der Waals surface area contributed by atoms with Crippen LogP contribution < -0.4 is 10.1 Å². The molecule has 0 bridgehead atoms. The summed E-state index contributed by atoms with van der Waals surface area (Å²) < 4.78 is 5.86. The highest BCUT2D eigenvalue weighted by Gasteiger charge is 2.04. The Balaban J connectivity index is 2.40. The van der Waals surface area contributed by atoms with Crippen molar-refractivity contribution in [1.29, 1.82) is 0 Å². The first-order valence-corrected chi connectivity index (χ1v) is 6.60. The molecule has 1 unspecified atom stereocenters. The summed E-state index contributed by atoms with van der Waals surface area (Å²) in [6.45, 7) is 10.7. The lowest BCUT2D eigenvalue weighted by Gasteiger charge is -2.15. The Bertz CT molecular complexity index is 305. The predicted molar refractivity (Wildman–Crippen MR) is 73.8 cm³/mol. The molecule has 17 heavy (non-hydrogen) atoms. The molecule has 0 aliphatic carbocycles. The van der Waals surface area contributed by atoms with Crippen LogP contribution in [0.1, 0.15) is 45.6 Å². The van der Waals surface area contributed by atoms with Gasteiger partial charge in [-0.15, -0.1) is 0 Å². The van der Waals surface area contributed by atoms with Crippen molar-refractivity contribution >= 4 is 0 Å². The lowest BCUT2D eigenvalue weighted by Crippen LogP contribution is -2.21. The monoisotopic (exact) mass is 235 g/mol. The molecule has 96 valence electrons. The molecule has 0 saturated carbocycles. The standard InChI is InChI=1S/C15H25NO/c1-5-16-11-10-13(4)17-15-8-6-14(7-9-15)12(2)3/h6-9,12-13,16H,5,10-11H2,1-4H3. The van der Waals surface area contributed by atoms with Gasteiger partial charge in [-0.3, -0.25) is 0 Å². The van der Waals surface area contributed by atoms with E-state index in [1.165, 1.54) is 5.56 Å². The van der Waals surface area contributed by atoms with Crippen molar-refractivity contribution in [2.75, 3.05) is 13.1 Å². The Kier molecular flexibility index (Phi) is 6.06. The number of hydrogen-bond donors (Lipinski definition) is 1. The molecule has 1 aromatic rings. The van der Waals surface area contributed by atoms with E-state index >= 15 is 0 Å². The van der Waals surface area contributed by atoms with Gasteiger partial charge in [-0.05, 0) is 50.0 Å². The van der Waals surface area contributed by atoms with Crippen molar-refractivity contribution in [3.8, 4) is 5.75 Å². The smallest absolute Gasteiger partial charge is 0.119 e. The molecule has 2 nitrogen and oxygen atoms in total. The maximum Gasteiger partial charge on any atom is 0.119 e. The molecule has 2 heteroatoms. The second kappa shape index (κ2) is 7.33. The van der Waals surface area contributed by atoms with E-state index in [9.17, 15) is 0 Å². The van der Waals surface area contributed by atoms with Crippen LogP contribution in [0.2, 0.25) is 0 Å². The van der Waals surface area contributed by atoms with Crippen LogP contribution in [0.3, 0.4) is 0 Å². The molecule has 0 saturated heterocycles. The molecule has 0 heterocycles. The van der Waals surface area contributed by atoms with E-state index in [2.05, 4.69) is 57.3 Å². The molecule has 1 N–H and O–H groups in total. The number of hydrogen-bond acceptors (Lipinski definition) is 2. The van der Waals surface area contributed by atoms with Crippen LogP contribution in [0.5, 0.6) is 5.75 Å². The van der Waals surface area contributed by atoms with Crippen LogP contribution >= 0.6 is 0 Å². The third-order valence-electron chi connectivity index (χ3n) is 2.86. The van der Waals surface area contributed by atoms with Crippen LogP contribution in [0, 0.1) is 0 Å². The normalized spacial score (nSPS) is 12.8. The Labute approximate surface area is 105 Å². The molecule has 0 radical (unpaired) electrons. The SMILES string of the molecule is CCNCCC(C)Oc1ccc(C(C)C)cc1. The van der Waals surface area contributed by atoms with Gasteiger partial charge in [0.25, 0.3) is 0 Å². The lowest BCUT2D eigenvalue weighted by molar-refractivity contribution is 0.210. The van der Waals surface area contributed by atoms with Crippen molar-refractivity contribution < 1.29 is 4.74 Å². The van der Waals surface area contributed by atoms with Crippen molar-refractivity contribution in [2.24, 2.45) is 0 Å². The maximum absolute atomic E-state index is 5.86. The van der Waals surface area contributed by atoms with Crippen LogP contribution in [-0.4, -0.2) is 19.2 Å². The highest BCUT2D eigenvalue weighted by molar-refractivity contribution is 5.29. The summed E-state index contributed by atoms with van der Waals surface area (Å²) in [6.07, 6.45) is 1.30. The molecule has 1 rings (SSSR count). The fourth-order valence-corrected chi connectivity index (χ4v) is 1.70. The van der Waals surface area contributed by atoms with Crippen LogP contribution in [-0.2, 0) is 0 Å². The van der Waals surface area contributed by atoms with Crippen LogP contribution in [0.15, 0.2) is 24.3 Å². The fourth-order valence-electron chi connectivity index (χ4n) is 1.70. The zero-order valence-electron chi connectivity index (χ0n) is 11.5. The summed E-state index contributed by atoms with van der Waals surface area (Å²) >= 11 is 0. The number of ether oxygens (including phenoxy) is 1. The minimum absolute atomic E-state index is 0.263. The average Bonchev–Trinajstić information content (AvgIpc) is 2.30. The lowest BCUT2D eigenvalue weighted by atomic mass is 10.0. The highest BCUT2D eigenvalue weighted by atomic mass is 16.5. The second-order valence-corrected chi connectivity index (χ2v) is 4.79. The zero-order chi connectivity index (χ0) is 12.7. The topological polar surface area (TPSA) is 21.3 Å². The van der Waals surface area contributed by atoms with E-state index in [4.69, 9.17) is 4.74 Å². The molecule has 1 aromatic carbocycles. The maximum atomic E-state index is 5.86. The Morgan fingerprint density at radius 1 is 1.12 bits per heavy atom. The third-order valence-corrected chi connectivity index (χ3v) is 2.86. The zero-order valence-corrected chi connectivity index (χ0v) is 11.5. The molecule has 0 fully saturated rings. The van der Waals surface area contributed by atoms with E-state index in [0.29, 0.717) is 5.92 Å². The summed E-state index contributed by atoms with van der Waals surface area (Å²) in [7, 11) is 0. The van der Waals surface area contributed by atoms with Gasteiger partial charge >= 0.3 is 0 Å². The molecular formula is C15H25NO. The summed E-state index contributed by atoms with van der Waals surface area (Å²) in [5.41, 5.74) is 1.36. The van der Waals surface area contributed by atoms with E-state index in [0.717, 1.165) is 25.3 Å². The molecule has 0 aromatic heterocycles. The molecular weight excluding hydrogens is 210 g/mol. The largest absolute Gasteiger partial charge is 0.491 e. The van der Waals surface area contributed by atoms with E-state index < -0.39 is 0 Å². The summed E-state index contributed by atoms with van der Waals surface area (Å²) in [6, 6.07) is 8.44. The quantitative estimate of drug-likeness (QED) is 0.729. The van der Waals surface area contributed by atoms with Crippen molar-refractivity contribution in [1.82, 2.24) is 5.32 Å². The molecule has 0 spiro atoms. The molecule has 0 aliphatic rings. The van der Waals surface area contributed by atoms with Gasteiger partial charge in [0, 0.05) is 0 Å². The minimum Gasteiger partial charge on any atom is -0.491 e. The van der Waals surface area contributed by atoms with Gasteiger partial charge in [-0.25, -0.2) is 0 Å². The van der Waals surface area contributed by atoms with Gasteiger partial charge in [-0.1, -0.05) is 32.9 Å². The van der Waals surface area contributed by atoms with Crippen molar-refractivity contribution in [3.63, 3.8) is 0 Å². The number of benzene rings is 1. The minimum atomic E-state index is 0.263. The van der Waals surface area contributed by atoms with Gasteiger partial charge < -0.3 is 10.1 Å². The first-order chi connectivity index (χ1) is 8.13. The van der Waals surface area contributed by atoms with Crippen molar-refractivity contribution in [2.45, 2.75) is 46.1 Å². The molecule has 1 atom stereocenters. The Morgan fingerprint density at radius 2 is 1.76 bits per heavy atom. The van der Waals surface area contributed by atoms with E-state index in [-0.39, 0.29) is 6.10 Å². The van der Waals surface area contributed by atoms with Gasteiger partial charge in [0.2, 0.25) is 0 Å². The molecule has 0 aliphatic heterocycles. The van der Waals surface area contributed by atoms with Gasteiger partial charge in [0.15, 0.2) is 0 Å². The first-order valence-electron chi connectivity index (χ1n) is 6.60. The Hall–Kier alpha value is -1.02. The summed E-state index contributed by atoms with van der Waals surface area (Å²) in [5, 5.41) is 3.31. The number of rotatable bonds is 7. The first kappa shape index (κ1) is 14.0. The Morgan fingerprint density at radius 3 is 2.29 bits per heavy atom. The van der Waals surface area contributed by atoms with Gasteiger partial charge in [-0.2, -0.15) is 0 Å². The van der Waals surface area contributed by atoms with Gasteiger partial charge in [0.1, 0.15) is 5.75 Å². The van der Waals surface area contributed by atoms with E-state index in [1.807, 2.05) is 0 Å². The summed E-state index contributed by atoms with van der Waals surface area (Å²) in [5.74, 6) is 1.55. The second-order valence-electron chi connectivity index (χ2n) is 4.79. The van der Waals surface area contributed by atoms with Crippen LogP contribution in [0.4, 0.5) is 0 Å². The summed E-state index contributed by atoms with van der Waals surface area (Å²) in [4.78, 5) is 0. The van der Waals surface area contributed by atoms with Crippen LogP contribution in [0.25, 0.3) is 0 Å². The predicted octanol–water partition coefficient (Wildman–Crippen LogP) is 3.58. The average molecular weight is 235 g/mol. The number of nitrogens with one attached hydrogen (secondary N) is 1. The van der Waals surface area contributed by atoms with Gasteiger partial charge in [0.05, 0.1) is 6.10 Å². The molecule has 0 amide bonds. The highest BCUT2D eigenvalue weighted by Crippen LogP contribution is 2.19. The van der Waals surface area contributed by atoms with E-state index in [1.54, 1.807) is 0 Å². The fraction of sp³-hybridized carbons (Fsp3) is 0.600. The third kappa shape index (κ3) is 5.22. The van der Waals surface area contributed by atoms with Crippen molar-refractivity contribution in [3.05, 3.63) is 29.8 Å².